The second-order valence-corrected chi connectivity index (χ2v) is 7.99. The summed E-state index contributed by atoms with van der Waals surface area (Å²) in [5.41, 5.74) is 5.45. The summed E-state index contributed by atoms with van der Waals surface area (Å²) in [7, 11) is 0. The summed E-state index contributed by atoms with van der Waals surface area (Å²) in [4.78, 5) is 2.58. The molecule has 0 saturated carbocycles. The van der Waals surface area contributed by atoms with Crippen molar-refractivity contribution in [1.29, 1.82) is 0 Å². The van der Waals surface area contributed by atoms with Gasteiger partial charge in [-0.15, -0.1) is 0 Å². The molecule has 2 heteroatoms. The summed E-state index contributed by atoms with van der Waals surface area (Å²) >= 11 is 0. The average molecular weight is 361 g/mol. The van der Waals surface area contributed by atoms with Crippen molar-refractivity contribution in [3.05, 3.63) is 95.3 Å². The number of nitrogens with zero attached hydrogens (tertiary/aromatic N) is 2. The first-order chi connectivity index (χ1) is 13.1. The van der Waals surface area contributed by atoms with Crippen LogP contribution < -0.4 is 0 Å². The zero-order valence-corrected chi connectivity index (χ0v) is 16.9. The van der Waals surface area contributed by atoms with Crippen LogP contribution in [0.1, 0.15) is 42.7 Å². The first-order valence-corrected chi connectivity index (χ1v) is 10.1. The molecule has 0 amide bonds. The molecule has 2 aromatic carbocycles. The van der Waals surface area contributed by atoms with E-state index in [1.165, 1.54) is 28.8 Å². The predicted octanol–water partition coefficient (Wildman–Crippen LogP) is 5.89. The lowest BCUT2D eigenvalue weighted by Gasteiger charge is -2.24. The van der Waals surface area contributed by atoms with Crippen LogP contribution >= 0.6 is 0 Å². The second-order valence-electron chi connectivity index (χ2n) is 7.99. The van der Waals surface area contributed by atoms with Gasteiger partial charge in [-0.05, 0) is 49.1 Å². The van der Waals surface area contributed by atoms with Crippen molar-refractivity contribution in [2.24, 2.45) is 5.92 Å². The number of aromatic nitrogens is 1. The van der Waals surface area contributed by atoms with E-state index in [0.29, 0.717) is 0 Å². The molecule has 0 unspecified atom stereocenters. The SMILES string of the molecule is Cc1ccc(CN(CCC(C)C)Cc2cccn2Cc2ccccc2)cc1. The third-order valence-corrected chi connectivity index (χ3v) is 5.05. The van der Waals surface area contributed by atoms with Crippen LogP contribution in [-0.2, 0) is 19.6 Å². The predicted molar refractivity (Wildman–Crippen MR) is 115 cm³/mol. The zero-order chi connectivity index (χ0) is 19.1. The number of hydrogen-bond acceptors (Lipinski definition) is 1. The van der Waals surface area contributed by atoms with Gasteiger partial charge in [0.15, 0.2) is 0 Å². The molecule has 3 aromatic rings. The lowest BCUT2D eigenvalue weighted by atomic mass is 10.1. The molecule has 0 N–H and O–H groups in total. The molecular weight excluding hydrogens is 328 g/mol. The monoisotopic (exact) mass is 360 g/mol. The molecule has 0 bridgehead atoms. The molecule has 0 aliphatic carbocycles. The molecule has 0 spiro atoms. The van der Waals surface area contributed by atoms with Crippen molar-refractivity contribution in [2.45, 2.75) is 46.8 Å². The summed E-state index contributed by atoms with van der Waals surface area (Å²) in [6.45, 7) is 10.8. The smallest absolute Gasteiger partial charge is 0.0473 e. The highest BCUT2D eigenvalue weighted by Crippen LogP contribution is 2.15. The number of hydrogen-bond donors (Lipinski definition) is 0. The van der Waals surface area contributed by atoms with Gasteiger partial charge < -0.3 is 4.57 Å². The molecule has 1 aromatic heterocycles. The van der Waals surface area contributed by atoms with E-state index < -0.39 is 0 Å². The van der Waals surface area contributed by atoms with Crippen LogP contribution in [0.2, 0.25) is 0 Å². The summed E-state index contributed by atoms with van der Waals surface area (Å²) < 4.78 is 2.38. The third kappa shape index (κ3) is 6.11. The van der Waals surface area contributed by atoms with Crippen LogP contribution in [0.15, 0.2) is 72.9 Å². The Morgan fingerprint density at radius 1 is 0.815 bits per heavy atom. The van der Waals surface area contributed by atoms with Crippen LogP contribution in [0, 0.1) is 12.8 Å². The van der Waals surface area contributed by atoms with Gasteiger partial charge in [0.25, 0.3) is 0 Å². The van der Waals surface area contributed by atoms with E-state index in [0.717, 1.165) is 32.1 Å². The fourth-order valence-electron chi connectivity index (χ4n) is 3.36. The largest absolute Gasteiger partial charge is 0.346 e. The van der Waals surface area contributed by atoms with Crippen LogP contribution in [0.25, 0.3) is 0 Å². The Bertz CT molecular complexity index is 800. The van der Waals surface area contributed by atoms with Gasteiger partial charge in [0, 0.05) is 31.5 Å². The Morgan fingerprint density at radius 3 is 2.26 bits per heavy atom. The van der Waals surface area contributed by atoms with Crippen LogP contribution in [0.3, 0.4) is 0 Å². The van der Waals surface area contributed by atoms with Crippen molar-refractivity contribution in [1.82, 2.24) is 9.47 Å². The van der Waals surface area contributed by atoms with E-state index in [4.69, 9.17) is 0 Å². The molecule has 0 atom stereocenters. The molecule has 142 valence electrons. The maximum atomic E-state index is 2.58. The van der Waals surface area contributed by atoms with E-state index in [2.05, 4.69) is 103 Å². The molecule has 0 fully saturated rings. The number of benzene rings is 2. The quantitative estimate of drug-likeness (QED) is 0.462. The molecule has 27 heavy (non-hydrogen) atoms. The van der Waals surface area contributed by atoms with E-state index in [1.807, 2.05) is 0 Å². The number of rotatable bonds is 9. The van der Waals surface area contributed by atoms with Crippen molar-refractivity contribution in [3.63, 3.8) is 0 Å². The molecule has 0 aliphatic rings. The average Bonchev–Trinajstić information content (AvgIpc) is 3.09. The Morgan fingerprint density at radius 2 is 1.56 bits per heavy atom. The second kappa shape index (κ2) is 9.57. The summed E-state index contributed by atoms with van der Waals surface area (Å²) in [6, 6.07) is 24.1. The fraction of sp³-hybridized carbons (Fsp3) is 0.360. The Balaban J connectivity index is 1.71. The Kier molecular flexibility index (Phi) is 6.89. The van der Waals surface area contributed by atoms with Crippen LogP contribution in [-0.4, -0.2) is 16.0 Å². The Hall–Kier alpha value is -2.32. The van der Waals surface area contributed by atoms with E-state index in [1.54, 1.807) is 0 Å². The van der Waals surface area contributed by atoms with E-state index in [-0.39, 0.29) is 0 Å². The topological polar surface area (TPSA) is 8.17 Å². The van der Waals surface area contributed by atoms with Gasteiger partial charge in [0.2, 0.25) is 0 Å². The van der Waals surface area contributed by atoms with Crippen molar-refractivity contribution in [3.8, 4) is 0 Å². The van der Waals surface area contributed by atoms with Gasteiger partial charge in [-0.25, -0.2) is 0 Å². The lowest BCUT2D eigenvalue weighted by molar-refractivity contribution is 0.235. The van der Waals surface area contributed by atoms with Crippen molar-refractivity contribution < 1.29 is 0 Å². The zero-order valence-electron chi connectivity index (χ0n) is 16.9. The van der Waals surface area contributed by atoms with E-state index >= 15 is 0 Å². The molecule has 0 radical (unpaired) electrons. The van der Waals surface area contributed by atoms with Crippen molar-refractivity contribution in [2.75, 3.05) is 6.54 Å². The first kappa shape index (κ1) is 19.4. The molecule has 3 rings (SSSR count). The van der Waals surface area contributed by atoms with Gasteiger partial charge in [-0.3, -0.25) is 4.90 Å². The summed E-state index contributed by atoms with van der Waals surface area (Å²) in [6.07, 6.45) is 3.43. The van der Waals surface area contributed by atoms with Gasteiger partial charge in [0.1, 0.15) is 0 Å². The maximum Gasteiger partial charge on any atom is 0.0473 e. The highest BCUT2D eigenvalue weighted by atomic mass is 15.1. The van der Waals surface area contributed by atoms with Crippen molar-refractivity contribution >= 4 is 0 Å². The minimum absolute atomic E-state index is 0.724. The summed E-state index contributed by atoms with van der Waals surface area (Å²) in [5.74, 6) is 0.724. The standard InChI is InChI=1S/C25H32N2/c1-21(2)15-17-26(18-24-13-11-22(3)12-14-24)20-25-10-7-16-27(25)19-23-8-5-4-6-9-23/h4-14,16,21H,15,17-20H2,1-3H3. The highest BCUT2D eigenvalue weighted by Gasteiger charge is 2.11. The fourth-order valence-corrected chi connectivity index (χ4v) is 3.36. The van der Waals surface area contributed by atoms with Crippen LogP contribution in [0.4, 0.5) is 0 Å². The minimum Gasteiger partial charge on any atom is -0.346 e. The first-order valence-electron chi connectivity index (χ1n) is 10.1. The van der Waals surface area contributed by atoms with Gasteiger partial charge in [-0.1, -0.05) is 74.0 Å². The van der Waals surface area contributed by atoms with Gasteiger partial charge in [-0.2, -0.15) is 0 Å². The van der Waals surface area contributed by atoms with Gasteiger partial charge >= 0.3 is 0 Å². The maximum absolute atomic E-state index is 2.58. The highest BCUT2D eigenvalue weighted by molar-refractivity contribution is 5.22. The lowest BCUT2D eigenvalue weighted by Crippen LogP contribution is -2.26. The number of aryl methyl sites for hydroxylation is 1. The normalized spacial score (nSPS) is 11.4. The van der Waals surface area contributed by atoms with Gasteiger partial charge in [0.05, 0.1) is 0 Å². The molecule has 2 nitrogen and oxygen atoms in total. The molecule has 1 heterocycles. The molecule has 0 aliphatic heterocycles. The van der Waals surface area contributed by atoms with Crippen LogP contribution in [0.5, 0.6) is 0 Å². The third-order valence-electron chi connectivity index (χ3n) is 5.05. The minimum atomic E-state index is 0.724. The van der Waals surface area contributed by atoms with E-state index in [9.17, 15) is 0 Å². The summed E-state index contributed by atoms with van der Waals surface area (Å²) in [5, 5.41) is 0. The Labute approximate surface area is 164 Å². The molecule has 0 saturated heterocycles. The molecular formula is C25H32N2.